The number of hydrazone groups is 1. The monoisotopic (exact) mass is 401 g/mol. The van der Waals surface area contributed by atoms with Crippen molar-refractivity contribution in [3.05, 3.63) is 50.2 Å². The number of ether oxygens (including phenoxy) is 1. The number of hydrogen-bond donors (Lipinski definition) is 2. The van der Waals surface area contributed by atoms with E-state index < -0.39 is 5.91 Å². The highest BCUT2D eigenvalue weighted by molar-refractivity contribution is 6.45. The summed E-state index contributed by atoms with van der Waals surface area (Å²) in [4.78, 5) is 14.9. The number of nitrogens with zero attached hydrogens (tertiary/aromatic N) is 1. The third-order valence-corrected chi connectivity index (χ3v) is 4.58. The number of halogens is 3. The number of nitrogens with one attached hydrogen (secondary N) is 2. The Morgan fingerprint density at radius 1 is 1.28 bits per heavy atom. The van der Waals surface area contributed by atoms with Gasteiger partial charge in [0.15, 0.2) is 0 Å². The Morgan fingerprint density at radius 2 is 1.96 bits per heavy atom. The van der Waals surface area contributed by atoms with Gasteiger partial charge in [0.05, 0.1) is 18.5 Å². The van der Waals surface area contributed by atoms with Crippen LogP contribution in [0.3, 0.4) is 0 Å². The van der Waals surface area contributed by atoms with Crippen molar-refractivity contribution in [2.75, 3.05) is 12.8 Å². The molecule has 1 heterocycles. The van der Waals surface area contributed by atoms with Crippen LogP contribution in [0, 0.1) is 6.92 Å². The Bertz CT molecular complexity index is 869. The van der Waals surface area contributed by atoms with Gasteiger partial charge in [-0.15, -0.1) is 0 Å². The second kappa shape index (κ2) is 7.91. The molecule has 1 amide bonds. The number of nitrogen functional groups attached to an aromatic ring is 1. The van der Waals surface area contributed by atoms with Crippen molar-refractivity contribution >= 4 is 52.1 Å². The third-order valence-electron chi connectivity index (χ3n) is 3.42. The lowest BCUT2D eigenvalue weighted by Crippen LogP contribution is -2.29. The van der Waals surface area contributed by atoms with E-state index in [-0.39, 0.29) is 26.6 Å². The number of anilines is 1. The molecule has 0 aliphatic rings. The number of aromatic nitrogens is 1. The fourth-order valence-corrected chi connectivity index (χ4v) is 2.69. The van der Waals surface area contributed by atoms with E-state index in [1.165, 1.54) is 0 Å². The molecule has 25 heavy (non-hydrogen) atoms. The minimum absolute atomic E-state index is 0.00905. The van der Waals surface area contributed by atoms with Crippen LogP contribution < -0.4 is 20.9 Å². The number of hydrogen-bond acceptors (Lipinski definition) is 4. The van der Waals surface area contributed by atoms with Crippen LogP contribution in [0.4, 0.5) is 5.69 Å². The summed E-state index contributed by atoms with van der Waals surface area (Å²) in [5, 5.41) is 4.11. The van der Waals surface area contributed by atoms with Crippen LogP contribution in [0.1, 0.15) is 28.5 Å². The topological polar surface area (TPSA) is 90.8 Å². The number of nitrogens with two attached hydrogens (primary N) is 1. The van der Waals surface area contributed by atoms with Gasteiger partial charge in [-0.3, -0.25) is 4.79 Å². The average molecular weight is 403 g/mol. The maximum absolute atomic E-state index is 12.3. The molecule has 0 saturated carbocycles. The second-order valence-electron chi connectivity index (χ2n) is 5.20. The zero-order chi connectivity index (χ0) is 18.7. The van der Waals surface area contributed by atoms with Gasteiger partial charge in [-0.05, 0) is 37.6 Å². The van der Waals surface area contributed by atoms with E-state index in [1.807, 2.05) is 25.1 Å². The average Bonchev–Trinajstić information content (AvgIpc) is 2.60. The predicted octanol–water partition coefficient (Wildman–Crippen LogP) is 3.51. The van der Waals surface area contributed by atoms with Gasteiger partial charge < -0.3 is 10.5 Å². The standard InChI is InChI=1S/C16H15Cl3N4O2/c1-7-4-5-10(25-3)9(6-7)8(2)22-23-16(24)14-11(17)13(20)12(18)15(19)21-14/h4-6H,1-3H3,(H2,20,21)(H,23,24)/p+1/b22-8-. The van der Waals surface area contributed by atoms with Crippen molar-refractivity contribution in [2.45, 2.75) is 13.8 Å². The summed E-state index contributed by atoms with van der Waals surface area (Å²) in [5.74, 6) is 0.0331. The van der Waals surface area contributed by atoms with Crippen molar-refractivity contribution in [1.82, 2.24) is 5.43 Å². The fourth-order valence-electron chi connectivity index (χ4n) is 2.08. The lowest BCUT2D eigenvalue weighted by atomic mass is 10.1. The first-order chi connectivity index (χ1) is 11.8. The molecule has 2 aromatic rings. The number of aromatic amines is 1. The summed E-state index contributed by atoms with van der Waals surface area (Å²) in [6.45, 7) is 3.69. The number of aryl methyl sites for hydroxylation is 1. The predicted molar refractivity (Wildman–Crippen MR) is 99.8 cm³/mol. The van der Waals surface area contributed by atoms with Gasteiger partial charge in [-0.1, -0.05) is 34.8 Å². The number of carbonyl (C=O) groups excluding carboxylic acids is 1. The van der Waals surface area contributed by atoms with E-state index in [0.717, 1.165) is 11.1 Å². The largest absolute Gasteiger partial charge is 0.496 e. The molecule has 132 valence electrons. The molecule has 0 radical (unpaired) electrons. The summed E-state index contributed by atoms with van der Waals surface area (Å²) in [6, 6.07) is 5.65. The molecule has 0 aliphatic heterocycles. The number of rotatable bonds is 4. The molecule has 2 rings (SSSR count). The zero-order valence-corrected chi connectivity index (χ0v) is 16.0. The number of pyridine rings is 1. The number of H-pyrrole nitrogens is 1. The Kier molecular flexibility index (Phi) is 6.11. The van der Waals surface area contributed by atoms with Crippen LogP contribution in [-0.2, 0) is 0 Å². The quantitative estimate of drug-likeness (QED) is 0.466. The molecule has 0 fully saturated rings. The number of carbonyl (C=O) groups is 1. The SMILES string of the molecule is COc1ccc(C)cc1/C(C)=N\NC(=O)c1[nH+]c(Cl)c(Cl)c(N)c1Cl. The van der Waals surface area contributed by atoms with Gasteiger partial charge in [0.2, 0.25) is 0 Å². The van der Waals surface area contributed by atoms with Crippen LogP contribution in [-0.4, -0.2) is 18.7 Å². The lowest BCUT2D eigenvalue weighted by molar-refractivity contribution is -0.379. The lowest BCUT2D eigenvalue weighted by Gasteiger charge is -2.09. The molecule has 4 N–H and O–H groups in total. The molecule has 0 spiro atoms. The van der Waals surface area contributed by atoms with E-state index >= 15 is 0 Å². The fraction of sp³-hybridized carbons (Fsp3) is 0.188. The van der Waals surface area contributed by atoms with Crippen molar-refractivity contribution in [3.8, 4) is 5.75 Å². The molecule has 1 aromatic heterocycles. The molecule has 9 heteroatoms. The first-order valence-corrected chi connectivity index (χ1v) is 8.24. The van der Waals surface area contributed by atoms with Crippen molar-refractivity contribution in [3.63, 3.8) is 0 Å². The number of benzene rings is 1. The van der Waals surface area contributed by atoms with Crippen molar-refractivity contribution < 1.29 is 14.5 Å². The van der Waals surface area contributed by atoms with E-state index in [4.69, 9.17) is 45.3 Å². The van der Waals surface area contributed by atoms with Crippen LogP contribution in [0.5, 0.6) is 5.75 Å². The molecular formula is C16H16Cl3N4O2+. The van der Waals surface area contributed by atoms with Gasteiger partial charge in [0.25, 0.3) is 10.8 Å². The van der Waals surface area contributed by atoms with E-state index in [0.29, 0.717) is 11.5 Å². The summed E-state index contributed by atoms with van der Waals surface area (Å²) in [7, 11) is 1.56. The van der Waals surface area contributed by atoms with E-state index in [1.54, 1.807) is 14.0 Å². The Balaban J connectivity index is 2.31. The Morgan fingerprint density at radius 3 is 2.60 bits per heavy atom. The van der Waals surface area contributed by atoms with Crippen LogP contribution in [0.15, 0.2) is 23.3 Å². The van der Waals surface area contributed by atoms with Gasteiger partial charge in [-0.25, -0.2) is 5.43 Å². The van der Waals surface area contributed by atoms with Crippen molar-refractivity contribution in [2.24, 2.45) is 5.10 Å². The summed E-state index contributed by atoms with van der Waals surface area (Å²) < 4.78 is 5.31. The maximum atomic E-state index is 12.3. The first kappa shape index (κ1) is 19.3. The molecule has 0 unspecified atom stereocenters. The number of amides is 1. The Hall–Kier alpha value is -2.02. The minimum atomic E-state index is -0.610. The highest BCUT2D eigenvalue weighted by Gasteiger charge is 2.26. The van der Waals surface area contributed by atoms with E-state index in [9.17, 15) is 4.79 Å². The maximum Gasteiger partial charge on any atom is 0.337 e. The smallest absolute Gasteiger partial charge is 0.337 e. The molecule has 6 nitrogen and oxygen atoms in total. The summed E-state index contributed by atoms with van der Waals surface area (Å²) in [5.41, 5.74) is 10.4. The normalized spacial score (nSPS) is 11.4. The molecule has 0 saturated heterocycles. The third kappa shape index (κ3) is 4.15. The van der Waals surface area contributed by atoms with Crippen molar-refractivity contribution in [1.29, 1.82) is 0 Å². The van der Waals surface area contributed by atoms with Gasteiger partial charge in [0.1, 0.15) is 15.8 Å². The van der Waals surface area contributed by atoms with Crippen LogP contribution in [0.25, 0.3) is 0 Å². The van der Waals surface area contributed by atoms with Gasteiger partial charge in [-0.2, -0.15) is 10.1 Å². The Labute approximate surface area is 159 Å². The summed E-state index contributed by atoms with van der Waals surface area (Å²) >= 11 is 17.8. The summed E-state index contributed by atoms with van der Waals surface area (Å²) in [6.07, 6.45) is 0. The zero-order valence-electron chi connectivity index (χ0n) is 13.7. The van der Waals surface area contributed by atoms with Gasteiger partial charge >= 0.3 is 5.91 Å². The highest BCUT2D eigenvalue weighted by Crippen LogP contribution is 2.32. The highest BCUT2D eigenvalue weighted by atomic mass is 35.5. The second-order valence-corrected chi connectivity index (χ2v) is 6.33. The molecule has 1 aromatic carbocycles. The van der Waals surface area contributed by atoms with Gasteiger partial charge in [0, 0.05) is 5.56 Å². The van der Waals surface area contributed by atoms with Crippen LogP contribution >= 0.6 is 34.8 Å². The van der Waals surface area contributed by atoms with Crippen LogP contribution in [0.2, 0.25) is 15.2 Å². The molecule has 0 aliphatic carbocycles. The first-order valence-electron chi connectivity index (χ1n) is 7.11. The molecule has 0 bridgehead atoms. The minimum Gasteiger partial charge on any atom is -0.496 e. The van der Waals surface area contributed by atoms with E-state index in [2.05, 4.69) is 15.5 Å². The molecule has 0 atom stereocenters. The molecular weight excluding hydrogens is 387 g/mol. The number of methoxy groups -OCH3 is 1.